The van der Waals surface area contributed by atoms with Gasteiger partial charge in [-0.3, -0.25) is 9.59 Å². The lowest BCUT2D eigenvalue weighted by molar-refractivity contribution is -0.683. The summed E-state index contributed by atoms with van der Waals surface area (Å²) >= 11 is 0. The molecule has 0 spiro atoms. The third-order valence-electron chi connectivity index (χ3n) is 5.66. The summed E-state index contributed by atoms with van der Waals surface area (Å²) in [7, 11) is 0. The van der Waals surface area contributed by atoms with E-state index in [1.165, 1.54) is 0 Å². The molecule has 1 aromatic heterocycles. The molecule has 0 amide bonds. The fourth-order valence-corrected chi connectivity index (χ4v) is 4.23. The summed E-state index contributed by atoms with van der Waals surface area (Å²) in [5, 5.41) is 0. The molecule has 1 aliphatic rings. The van der Waals surface area contributed by atoms with E-state index < -0.39 is 0 Å². The number of carbonyl (C=O) groups is 2. The number of carbonyl (C=O) groups excluding carboxylic acids is 2. The van der Waals surface area contributed by atoms with Gasteiger partial charge in [0.1, 0.15) is 0 Å². The summed E-state index contributed by atoms with van der Waals surface area (Å²) in [6, 6.07) is 28.8. The van der Waals surface area contributed by atoms with Crippen molar-refractivity contribution < 1.29 is 19.6 Å². The molecule has 4 heteroatoms. The van der Waals surface area contributed by atoms with Gasteiger partial charge in [-0.1, -0.05) is 84.9 Å². The Labute approximate surface area is 180 Å². The zero-order valence-electron chi connectivity index (χ0n) is 16.8. The number of hydrogen-bond acceptors (Lipinski definition) is 3. The van der Waals surface area contributed by atoms with Crippen molar-refractivity contribution in [2.24, 2.45) is 0 Å². The largest absolute Gasteiger partial charge is 0.870 e. The van der Waals surface area contributed by atoms with E-state index in [0.29, 0.717) is 11.1 Å². The molecular weight excluding hydrogens is 386 g/mol. The van der Waals surface area contributed by atoms with Crippen LogP contribution in [-0.4, -0.2) is 17.0 Å². The lowest BCUT2D eigenvalue weighted by Crippen LogP contribution is -2.38. The summed E-state index contributed by atoms with van der Waals surface area (Å²) in [6.45, 7) is 0.236. The van der Waals surface area contributed by atoms with E-state index in [2.05, 4.69) is 6.07 Å². The highest BCUT2D eigenvalue weighted by atomic mass is 16.1. The minimum atomic E-state index is -0.363. The van der Waals surface area contributed by atoms with Crippen molar-refractivity contribution in [1.82, 2.24) is 0 Å². The molecule has 1 heterocycles. The van der Waals surface area contributed by atoms with Crippen LogP contribution < -0.4 is 4.57 Å². The number of aromatic nitrogens is 1. The van der Waals surface area contributed by atoms with Gasteiger partial charge in [0.25, 0.3) is 0 Å². The van der Waals surface area contributed by atoms with Crippen LogP contribution in [0.3, 0.4) is 0 Å². The van der Waals surface area contributed by atoms with Gasteiger partial charge in [-0.15, -0.1) is 0 Å². The molecule has 0 aliphatic heterocycles. The molecule has 4 nitrogen and oxygen atoms in total. The average molecular weight is 407 g/mol. The molecule has 1 aliphatic carbocycles. The van der Waals surface area contributed by atoms with E-state index in [1.807, 2.05) is 102 Å². The van der Waals surface area contributed by atoms with Crippen LogP contribution in [-0.2, 0) is 6.54 Å². The number of hydrogen-bond donors (Lipinski definition) is 0. The molecule has 1 N–H and O–H groups in total. The van der Waals surface area contributed by atoms with Crippen molar-refractivity contribution in [3.63, 3.8) is 0 Å². The summed E-state index contributed by atoms with van der Waals surface area (Å²) in [5.41, 5.74) is 5.50. The number of Topliss-reactive ketones (excluding diaryl/α,β-unsaturated/α-hetero) is 2. The Morgan fingerprint density at radius 2 is 1.26 bits per heavy atom. The fraction of sp³-hybridized carbons (Fsp3) is 0.0741. The Morgan fingerprint density at radius 1 is 0.677 bits per heavy atom. The average Bonchev–Trinajstić information content (AvgIpc) is 3.13. The van der Waals surface area contributed by atoms with E-state index in [1.54, 1.807) is 0 Å². The monoisotopic (exact) mass is 407 g/mol. The van der Waals surface area contributed by atoms with E-state index in [-0.39, 0.29) is 29.5 Å². The summed E-state index contributed by atoms with van der Waals surface area (Å²) in [6.07, 6.45) is 3.88. The Morgan fingerprint density at radius 3 is 1.97 bits per heavy atom. The van der Waals surface area contributed by atoms with Crippen LogP contribution in [0.15, 0.2) is 103 Å². The van der Waals surface area contributed by atoms with E-state index in [4.69, 9.17) is 0 Å². The first-order chi connectivity index (χ1) is 14.7. The first-order valence-corrected chi connectivity index (χ1v) is 10.0. The number of benzene rings is 3. The molecule has 4 aromatic rings. The maximum Gasteiger partial charge on any atom is 0.227 e. The molecule has 1 unspecified atom stereocenters. The Bertz CT molecular complexity index is 1250. The lowest BCUT2D eigenvalue weighted by Gasteiger charge is -2.11. The van der Waals surface area contributed by atoms with Gasteiger partial charge in [-0.2, -0.15) is 4.57 Å². The van der Waals surface area contributed by atoms with Gasteiger partial charge < -0.3 is 5.48 Å². The standard InChI is InChI=1S/C27H20NO2.H2O/c29-25(19-9-3-1-4-10-19)18-28-16-15-22-21-13-7-8-14-23(21)26(24(22)17-28)27(30)20-11-5-2-6-12-20;/h1-17,26H,18H2;1H2/q+1;/p-1. The van der Waals surface area contributed by atoms with E-state index in [9.17, 15) is 9.59 Å². The molecule has 3 aromatic carbocycles. The Hall–Kier alpha value is -3.89. The maximum atomic E-state index is 13.5. The number of rotatable bonds is 5. The first kappa shape index (κ1) is 20.4. The smallest absolute Gasteiger partial charge is 0.227 e. The molecule has 0 bridgehead atoms. The number of nitrogens with zero attached hydrogens (tertiary/aromatic N) is 1. The third kappa shape index (κ3) is 3.69. The van der Waals surface area contributed by atoms with E-state index in [0.717, 1.165) is 22.3 Å². The summed E-state index contributed by atoms with van der Waals surface area (Å²) in [4.78, 5) is 26.1. The van der Waals surface area contributed by atoms with Crippen LogP contribution in [0.4, 0.5) is 0 Å². The van der Waals surface area contributed by atoms with Gasteiger partial charge in [0.05, 0.1) is 5.92 Å². The Balaban J connectivity index is 0.00000231. The predicted molar refractivity (Wildman–Crippen MR) is 117 cm³/mol. The minimum absolute atomic E-state index is 0. The quantitative estimate of drug-likeness (QED) is 0.356. The van der Waals surface area contributed by atoms with Crippen molar-refractivity contribution in [2.75, 3.05) is 0 Å². The second-order valence-electron chi connectivity index (χ2n) is 7.53. The van der Waals surface area contributed by atoms with Gasteiger partial charge in [-0.25, -0.2) is 0 Å². The van der Waals surface area contributed by atoms with Gasteiger partial charge in [0.2, 0.25) is 12.3 Å². The lowest BCUT2D eigenvalue weighted by atomic mass is 9.89. The Kier molecular flexibility index (Phi) is 5.56. The normalized spacial score (nSPS) is 13.6. The van der Waals surface area contributed by atoms with Crippen molar-refractivity contribution in [1.29, 1.82) is 0 Å². The van der Waals surface area contributed by atoms with E-state index >= 15 is 0 Å². The second-order valence-corrected chi connectivity index (χ2v) is 7.53. The van der Waals surface area contributed by atoms with Crippen LogP contribution in [0, 0.1) is 0 Å². The van der Waals surface area contributed by atoms with Gasteiger partial charge in [0.15, 0.2) is 18.2 Å². The summed E-state index contributed by atoms with van der Waals surface area (Å²) < 4.78 is 1.88. The van der Waals surface area contributed by atoms with Gasteiger partial charge in [0, 0.05) is 22.8 Å². The maximum absolute atomic E-state index is 13.5. The summed E-state index contributed by atoms with van der Waals surface area (Å²) in [5.74, 6) is -0.242. The molecule has 1 atom stereocenters. The highest BCUT2D eigenvalue weighted by Gasteiger charge is 2.36. The first-order valence-electron chi connectivity index (χ1n) is 10.0. The van der Waals surface area contributed by atoms with Crippen molar-refractivity contribution >= 4 is 11.6 Å². The molecule has 31 heavy (non-hydrogen) atoms. The topological polar surface area (TPSA) is 68.0 Å². The molecule has 0 fully saturated rings. The second kappa shape index (κ2) is 8.46. The SMILES string of the molecule is O=C(C[n+]1ccc2c(c1)C(C(=O)c1ccccc1)c1ccccc1-2)c1ccccc1.[OH-]. The highest BCUT2D eigenvalue weighted by molar-refractivity contribution is 6.07. The molecule has 152 valence electrons. The van der Waals surface area contributed by atoms with Crippen LogP contribution in [0.1, 0.15) is 37.8 Å². The molecule has 0 saturated heterocycles. The number of ketones is 2. The number of pyridine rings is 1. The minimum Gasteiger partial charge on any atom is -0.870 e. The molecule has 5 rings (SSSR count). The van der Waals surface area contributed by atoms with Gasteiger partial charge in [-0.05, 0) is 16.7 Å². The van der Waals surface area contributed by atoms with Crippen LogP contribution in [0.2, 0.25) is 0 Å². The van der Waals surface area contributed by atoms with Crippen LogP contribution in [0.5, 0.6) is 0 Å². The van der Waals surface area contributed by atoms with Crippen molar-refractivity contribution in [3.05, 3.63) is 126 Å². The number of fused-ring (bicyclic) bond motifs is 3. The predicted octanol–water partition coefficient (Wildman–Crippen LogP) is 4.68. The third-order valence-corrected chi connectivity index (χ3v) is 5.66. The van der Waals surface area contributed by atoms with Crippen molar-refractivity contribution in [2.45, 2.75) is 12.5 Å². The highest BCUT2D eigenvalue weighted by Crippen LogP contribution is 2.45. The van der Waals surface area contributed by atoms with Gasteiger partial charge >= 0.3 is 0 Å². The van der Waals surface area contributed by atoms with Crippen LogP contribution >= 0.6 is 0 Å². The fourth-order valence-electron chi connectivity index (χ4n) is 4.23. The molecule has 0 radical (unpaired) electrons. The zero-order chi connectivity index (χ0) is 20.5. The molecule has 0 saturated carbocycles. The zero-order valence-corrected chi connectivity index (χ0v) is 16.8. The molecular formula is C27H21NO3. The van der Waals surface area contributed by atoms with Crippen molar-refractivity contribution in [3.8, 4) is 11.1 Å². The van der Waals surface area contributed by atoms with Crippen LogP contribution in [0.25, 0.3) is 11.1 Å².